The second-order valence-electron chi connectivity index (χ2n) is 6.53. The van der Waals surface area contributed by atoms with Crippen LogP contribution in [0, 0.1) is 0 Å². The number of nitrogens with zero attached hydrogens (tertiary/aromatic N) is 4. The van der Waals surface area contributed by atoms with E-state index in [-0.39, 0.29) is 11.1 Å². The number of pyridine rings is 1. The van der Waals surface area contributed by atoms with Gasteiger partial charge in [0, 0.05) is 24.6 Å². The number of hydrogen-bond donors (Lipinski definition) is 0. The fourth-order valence-electron chi connectivity index (χ4n) is 3.09. The van der Waals surface area contributed by atoms with Gasteiger partial charge in [0.25, 0.3) is 11.1 Å². The topological polar surface area (TPSA) is 69.3 Å². The Bertz CT molecular complexity index is 1260. The number of rotatable bonds is 6. The number of hydrogen-bond acceptors (Lipinski definition) is 5. The van der Waals surface area contributed by atoms with Crippen LogP contribution in [0.25, 0.3) is 16.6 Å². The number of benzene rings is 1. The van der Waals surface area contributed by atoms with Crippen LogP contribution >= 0.6 is 11.8 Å². The van der Waals surface area contributed by atoms with E-state index >= 15 is 0 Å². The molecule has 0 aliphatic heterocycles. The minimum absolute atomic E-state index is 0.0203. The molecular formula is C21H20N4O2S. The van der Waals surface area contributed by atoms with Gasteiger partial charge >= 0.3 is 0 Å². The number of aromatic nitrogens is 4. The first-order valence-electron chi connectivity index (χ1n) is 9.27. The normalized spacial score (nSPS) is 11.3. The highest BCUT2D eigenvalue weighted by Gasteiger charge is 2.12. The van der Waals surface area contributed by atoms with Crippen molar-refractivity contribution in [3.05, 3.63) is 81.1 Å². The average molecular weight is 392 g/mol. The summed E-state index contributed by atoms with van der Waals surface area (Å²) >= 11 is 1.44. The summed E-state index contributed by atoms with van der Waals surface area (Å²) < 4.78 is 3.25. The van der Waals surface area contributed by atoms with Crippen molar-refractivity contribution in [2.75, 3.05) is 0 Å². The average Bonchev–Trinajstić information content (AvgIpc) is 2.72. The lowest BCUT2D eigenvalue weighted by Gasteiger charge is -2.12. The third-order valence-electron chi connectivity index (χ3n) is 4.54. The molecule has 4 rings (SSSR count). The molecule has 0 unspecified atom stereocenters. The molecule has 0 aliphatic rings. The van der Waals surface area contributed by atoms with Crippen molar-refractivity contribution in [1.82, 2.24) is 18.9 Å². The highest BCUT2D eigenvalue weighted by molar-refractivity contribution is 7.98. The maximum Gasteiger partial charge on any atom is 0.262 e. The number of fused-ring (bicyclic) bond motifs is 2. The molecule has 1 aromatic carbocycles. The van der Waals surface area contributed by atoms with Gasteiger partial charge in [0.2, 0.25) is 0 Å². The van der Waals surface area contributed by atoms with Gasteiger partial charge in [-0.2, -0.15) is 0 Å². The lowest BCUT2D eigenvalue weighted by Crippen LogP contribution is -2.23. The van der Waals surface area contributed by atoms with E-state index in [4.69, 9.17) is 4.98 Å². The van der Waals surface area contributed by atoms with Crippen molar-refractivity contribution in [2.24, 2.45) is 0 Å². The SMILES string of the molecule is CCCCn1c(SCc2cc(=O)n3ccccc3n2)nc2ccccc2c1=O. The molecule has 0 amide bonds. The summed E-state index contributed by atoms with van der Waals surface area (Å²) in [7, 11) is 0. The van der Waals surface area contributed by atoms with Gasteiger partial charge < -0.3 is 0 Å². The van der Waals surface area contributed by atoms with Gasteiger partial charge in [-0.3, -0.25) is 18.6 Å². The lowest BCUT2D eigenvalue weighted by molar-refractivity contribution is 0.557. The molecule has 0 spiro atoms. The number of unbranched alkanes of at least 4 members (excludes halogenated alkanes) is 1. The lowest BCUT2D eigenvalue weighted by atomic mass is 10.2. The van der Waals surface area contributed by atoms with E-state index in [1.54, 1.807) is 22.9 Å². The van der Waals surface area contributed by atoms with Crippen LogP contribution < -0.4 is 11.1 Å². The number of thioether (sulfide) groups is 1. The van der Waals surface area contributed by atoms with Crippen LogP contribution in [-0.2, 0) is 12.3 Å². The fraction of sp³-hybridized carbons (Fsp3) is 0.238. The zero-order chi connectivity index (χ0) is 19.5. The molecule has 0 saturated carbocycles. The van der Waals surface area contributed by atoms with E-state index in [0.717, 1.165) is 12.8 Å². The fourth-order valence-corrected chi connectivity index (χ4v) is 4.00. The molecule has 0 aliphatic carbocycles. The summed E-state index contributed by atoms with van der Waals surface area (Å²) in [4.78, 5) is 34.5. The predicted molar refractivity (Wildman–Crippen MR) is 112 cm³/mol. The zero-order valence-electron chi connectivity index (χ0n) is 15.5. The maximum atomic E-state index is 12.9. The Labute approximate surface area is 165 Å². The smallest absolute Gasteiger partial charge is 0.262 e. The van der Waals surface area contributed by atoms with Crippen LogP contribution in [0.15, 0.2) is 69.5 Å². The summed E-state index contributed by atoms with van der Waals surface area (Å²) in [6.45, 7) is 2.72. The van der Waals surface area contributed by atoms with E-state index in [1.165, 1.54) is 22.2 Å². The maximum absolute atomic E-state index is 12.9. The third-order valence-corrected chi connectivity index (χ3v) is 5.55. The second-order valence-corrected chi connectivity index (χ2v) is 7.47. The minimum atomic E-state index is -0.115. The summed E-state index contributed by atoms with van der Waals surface area (Å²) in [5.41, 5.74) is 1.84. The molecule has 142 valence electrons. The zero-order valence-corrected chi connectivity index (χ0v) is 16.4. The van der Waals surface area contributed by atoms with Gasteiger partial charge in [-0.05, 0) is 30.7 Å². The monoisotopic (exact) mass is 392 g/mol. The van der Waals surface area contributed by atoms with Crippen LogP contribution in [-0.4, -0.2) is 18.9 Å². The van der Waals surface area contributed by atoms with Gasteiger partial charge in [-0.25, -0.2) is 9.97 Å². The number of para-hydroxylation sites is 1. The van der Waals surface area contributed by atoms with Gasteiger partial charge in [0.1, 0.15) is 5.65 Å². The molecule has 7 heteroatoms. The van der Waals surface area contributed by atoms with Crippen molar-refractivity contribution >= 4 is 28.3 Å². The molecule has 3 aromatic heterocycles. The summed E-state index contributed by atoms with van der Waals surface area (Å²) in [6.07, 6.45) is 3.60. The highest BCUT2D eigenvalue weighted by Crippen LogP contribution is 2.21. The van der Waals surface area contributed by atoms with Gasteiger partial charge in [-0.1, -0.05) is 43.3 Å². The van der Waals surface area contributed by atoms with Crippen LogP contribution in [0.4, 0.5) is 0 Å². The molecule has 0 fully saturated rings. The van der Waals surface area contributed by atoms with E-state index in [0.29, 0.717) is 39.7 Å². The van der Waals surface area contributed by atoms with Gasteiger partial charge in [-0.15, -0.1) is 0 Å². The Morgan fingerprint density at radius 1 is 1.04 bits per heavy atom. The van der Waals surface area contributed by atoms with Crippen molar-refractivity contribution in [3.63, 3.8) is 0 Å². The first-order valence-corrected chi connectivity index (χ1v) is 10.3. The molecular weight excluding hydrogens is 372 g/mol. The summed E-state index contributed by atoms with van der Waals surface area (Å²) in [5, 5.41) is 1.29. The summed E-state index contributed by atoms with van der Waals surface area (Å²) in [5.74, 6) is 0.470. The molecule has 0 bridgehead atoms. The molecule has 0 N–H and O–H groups in total. The van der Waals surface area contributed by atoms with Gasteiger partial charge in [0.15, 0.2) is 5.16 Å². The van der Waals surface area contributed by atoms with Crippen LogP contribution in [0.2, 0.25) is 0 Å². The summed E-state index contributed by atoms with van der Waals surface area (Å²) in [6, 6.07) is 14.4. The molecule has 3 heterocycles. The Hall–Kier alpha value is -2.93. The Balaban J connectivity index is 1.71. The van der Waals surface area contributed by atoms with Crippen LogP contribution in [0.5, 0.6) is 0 Å². The molecule has 4 aromatic rings. The molecule has 0 atom stereocenters. The molecule has 6 nitrogen and oxygen atoms in total. The standard InChI is InChI=1S/C21H20N4O2S/c1-2-3-11-25-20(27)16-8-4-5-9-17(16)23-21(25)28-14-15-13-19(26)24-12-7-6-10-18(24)22-15/h4-10,12-13H,2-3,11,14H2,1H3. The second kappa shape index (κ2) is 7.98. The van der Waals surface area contributed by atoms with Crippen molar-refractivity contribution < 1.29 is 0 Å². The highest BCUT2D eigenvalue weighted by atomic mass is 32.2. The first-order chi connectivity index (χ1) is 13.7. The molecule has 0 saturated heterocycles. The minimum Gasteiger partial charge on any atom is -0.287 e. The van der Waals surface area contributed by atoms with E-state index in [2.05, 4.69) is 11.9 Å². The van der Waals surface area contributed by atoms with Crippen LogP contribution in [0.3, 0.4) is 0 Å². The van der Waals surface area contributed by atoms with E-state index < -0.39 is 0 Å². The largest absolute Gasteiger partial charge is 0.287 e. The Kier molecular flexibility index (Phi) is 5.25. The van der Waals surface area contributed by atoms with Crippen molar-refractivity contribution in [3.8, 4) is 0 Å². The predicted octanol–water partition coefficient (Wildman–Crippen LogP) is 3.50. The van der Waals surface area contributed by atoms with Crippen molar-refractivity contribution in [1.29, 1.82) is 0 Å². The van der Waals surface area contributed by atoms with E-state index in [1.807, 2.05) is 30.3 Å². The van der Waals surface area contributed by atoms with Crippen molar-refractivity contribution in [2.45, 2.75) is 37.2 Å². The third kappa shape index (κ3) is 3.57. The Morgan fingerprint density at radius 2 is 1.86 bits per heavy atom. The quantitative estimate of drug-likeness (QED) is 0.371. The first kappa shape index (κ1) is 18.4. The molecule has 0 radical (unpaired) electrons. The molecule has 28 heavy (non-hydrogen) atoms. The Morgan fingerprint density at radius 3 is 2.71 bits per heavy atom. The van der Waals surface area contributed by atoms with Crippen LogP contribution in [0.1, 0.15) is 25.5 Å². The van der Waals surface area contributed by atoms with Gasteiger partial charge in [0.05, 0.1) is 16.6 Å². The van der Waals surface area contributed by atoms with E-state index in [9.17, 15) is 9.59 Å².